The average Bonchev–Trinajstić information content (AvgIpc) is 3.08. The van der Waals surface area contributed by atoms with Gasteiger partial charge in [0.05, 0.1) is 4.88 Å². The molecule has 0 bridgehead atoms. The lowest BCUT2D eigenvalue weighted by molar-refractivity contribution is -0.117. The molecule has 0 spiro atoms. The van der Waals surface area contributed by atoms with E-state index in [9.17, 15) is 9.59 Å². The number of rotatable bonds is 4. The summed E-state index contributed by atoms with van der Waals surface area (Å²) in [5, 5.41) is 14.1. The first kappa shape index (κ1) is 16.2. The highest BCUT2D eigenvalue weighted by Gasteiger charge is 2.20. The van der Waals surface area contributed by atoms with Crippen molar-refractivity contribution in [2.45, 2.75) is 39.2 Å². The molecule has 3 N–H and O–H groups in total. The van der Waals surface area contributed by atoms with Gasteiger partial charge in [-0.2, -0.15) is 5.10 Å². The number of nitrogens with zero attached hydrogens (tertiary/aromatic N) is 1. The van der Waals surface area contributed by atoms with E-state index in [1.807, 2.05) is 5.38 Å². The number of carbonyl (C=O) groups is 2. The Morgan fingerprint density at radius 1 is 1.36 bits per heavy atom. The molecular weight excluding hydrogens is 300 g/mol. The Kier molecular flexibility index (Phi) is 4.65. The number of aromatic nitrogens is 2. The zero-order valence-corrected chi connectivity index (χ0v) is 13.9. The van der Waals surface area contributed by atoms with E-state index in [1.165, 1.54) is 11.3 Å². The van der Waals surface area contributed by atoms with Gasteiger partial charge in [-0.1, -0.05) is 26.8 Å². The molecule has 2 rings (SSSR count). The smallest absolute Gasteiger partial charge is 0.261 e. The number of thiophene rings is 1. The highest BCUT2D eigenvalue weighted by atomic mass is 32.1. The van der Waals surface area contributed by atoms with E-state index in [0.29, 0.717) is 10.7 Å². The molecule has 0 saturated heterocycles. The molecule has 0 unspecified atom stereocenters. The van der Waals surface area contributed by atoms with Gasteiger partial charge in [-0.05, 0) is 18.4 Å². The van der Waals surface area contributed by atoms with E-state index >= 15 is 0 Å². The van der Waals surface area contributed by atoms with Crippen LogP contribution in [0, 0.1) is 0 Å². The molecule has 0 aliphatic carbocycles. The molecule has 118 valence electrons. The van der Waals surface area contributed by atoms with Crippen LogP contribution in [0.2, 0.25) is 0 Å². The quantitative estimate of drug-likeness (QED) is 0.809. The molecule has 22 heavy (non-hydrogen) atoms. The Hall–Kier alpha value is -2.15. The van der Waals surface area contributed by atoms with Crippen LogP contribution in [-0.2, 0) is 10.2 Å². The molecule has 6 nitrogen and oxygen atoms in total. The van der Waals surface area contributed by atoms with Gasteiger partial charge in [0, 0.05) is 17.2 Å². The fraction of sp³-hybridized carbons (Fsp3) is 0.400. The molecular formula is C15H20N4O2S. The number of amides is 2. The molecule has 1 atom stereocenters. The van der Waals surface area contributed by atoms with Crippen molar-refractivity contribution in [1.29, 1.82) is 0 Å². The van der Waals surface area contributed by atoms with Crippen LogP contribution in [0.4, 0.5) is 5.82 Å². The van der Waals surface area contributed by atoms with Crippen LogP contribution < -0.4 is 10.6 Å². The molecule has 2 aromatic heterocycles. The standard InChI is InChI=1S/C15H20N4O2S/c1-9(16-14(21)10-6-5-7-22-10)13(20)17-12-8-11(18-19-12)15(2,3)4/h5-9H,1-4H3,(H,16,21)(H2,17,18,19,20)/t9-/m0/s1. The zero-order valence-electron chi connectivity index (χ0n) is 13.1. The third-order valence-electron chi connectivity index (χ3n) is 3.12. The molecule has 0 saturated carbocycles. The van der Waals surface area contributed by atoms with Gasteiger partial charge in [0.15, 0.2) is 5.82 Å². The van der Waals surface area contributed by atoms with Crippen molar-refractivity contribution in [3.8, 4) is 0 Å². The first-order chi connectivity index (χ1) is 10.3. The topological polar surface area (TPSA) is 86.9 Å². The van der Waals surface area contributed by atoms with Crippen molar-refractivity contribution in [3.63, 3.8) is 0 Å². The van der Waals surface area contributed by atoms with E-state index in [1.54, 1.807) is 25.1 Å². The minimum atomic E-state index is -0.649. The fourth-order valence-electron chi connectivity index (χ4n) is 1.75. The summed E-state index contributed by atoms with van der Waals surface area (Å²) in [6.45, 7) is 7.79. The Balaban J connectivity index is 1.94. The summed E-state index contributed by atoms with van der Waals surface area (Å²) in [5.41, 5.74) is 0.854. The van der Waals surface area contributed by atoms with Crippen molar-refractivity contribution < 1.29 is 9.59 Å². The molecule has 7 heteroatoms. The average molecular weight is 320 g/mol. The maximum absolute atomic E-state index is 12.1. The van der Waals surface area contributed by atoms with Gasteiger partial charge in [0.2, 0.25) is 5.91 Å². The number of nitrogens with one attached hydrogen (secondary N) is 3. The van der Waals surface area contributed by atoms with Crippen molar-refractivity contribution in [1.82, 2.24) is 15.5 Å². The van der Waals surface area contributed by atoms with Crippen LogP contribution in [0.3, 0.4) is 0 Å². The number of anilines is 1. The molecule has 2 amide bonds. The fourth-order valence-corrected chi connectivity index (χ4v) is 2.37. The molecule has 0 radical (unpaired) electrons. The predicted molar refractivity (Wildman–Crippen MR) is 87.2 cm³/mol. The molecule has 0 fully saturated rings. The van der Waals surface area contributed by atoms with Crippen LogP contribution in [0.5, 0.6) is 0 Å². The second-order valence-electron chi connectivity index (χ2n) is 6.08. The normalized spacial score (nSPS) is 12.7. The van der Waals surface area contributed by atoms with E-state index in [2.05, 4.69) is 41.6 Å². The second kappa shape index (κ2) is 6.31. The Morgan fingerprint density at radius 2 is 2.09 bits per heavy atom. The predicted octanol–water partition coefficient (Wildman–Crippen LogP) is 2.53. The summed E-state index contributed by atoms with van der Waals surface area (Å²) >= 11 is 1.33. The highest BCUT2D eigenvalue weighted by molar-refractivity contribution is 7.12. The largest absolute Gasteiger partial charge is 0.340 e. The summed E-state index contributed by atoms with van der Waals surface area (Å²) in [6.07, 6.45) is 0. The molecule has 2 heterocycles. The summed E-state index contributed by atoms with van der Waals surface area (Å²) in [4.78, 5) is 24.6. The lowest BCUT2D eigenvalue weighted by Gasteiger charge is -2.14. The first-order valence-electron chi connectivity index (χ1n) is 6.98. The minimum absolute atomic E-state index is 0.0744. The molecule has 0 aliphatic heterocycles. The van der Waals surface area contributed by atoms with Crippen molar-refractivity contribution in [2.24, 2.45) is 0 Å². The maximum atomic E-state index is 12.1. The van der Waals surface area contributed by atoms with Crippen LogP contribution in [0.25, 0.3) is 0 Å². The number of hydrogen-bond donors (Lipinski definition) is 3. The van der Waals surface area contributed by atoms with Gasteiger partial charge in [-0.25, -0.2) is 0 Å². The van der Waals surface area contributed by atoms with Crippen molar-refractivity contribution in [3.05, 3.63) is 34.2 Å². The first-order valence-corrected chi connectivity index (χ1v) is 7.86. The Bertz CT molecular complexity index is 655. The van der Waals surface area contributed by atoms with Gasteiger partial charge in [-0.15, -0.1) is 11.3 Å². The maximum Gasteiger partial charge on any atom is 0.261 e. The van der Waals surface area contributed by atoms with Crippen LogP contribution in [0.15, 0.2) is 23.6 Å². The van der Waals surface area contributed by atoms with E-state index in [-0.39, 0.29) is 17.2 Å². The van der Waals surface area contributed by atoms with Gasteiger partial charge in [0.25, 0.3) is 5.91 Å². The third kappa shape index (κ3) is 3.94. The summed E-state index contributed by atoms with van der Waals surface area (Å²) in [6, 6.07) is 4.66. The van der Waals surface area contributed by atoms with E-state index < -0.39 is 6.04 Å². The Morgan fingerprint density at radius 3 is 2.64 bits per heavy atom. The van der Waals surface area contributed by atoms with Crippen molar-refractivity contribution >= 4 is 29.0 Å². The SMILES string of the molecule is C[C@H](NC(=O)c1cccs1)C(=O)Nc1cc(C(C)(C)C)[nH]n1. The highest BCUT2D eigenvalue weighted by Crippen LogP contribution is 2.21. The number of carbonyl (C=O) groups excluding carboxylic acids is 2. The van der Waals surface area contributed by atoms with Gasteiger partial charge < -0.3 is 10.6 Å². The van der Waals surface area contributed by atoms with Crippen LogP contribution in [-0.4, -0.2) is 28.1 Å². The van der Waals surface area contributed by atoms with Gasteiger partial charge in [0.1, 0.15) is 6.04 Å². The number of hydrogen-bond acceptors (Lipinski definition) is 4. The third-order valence-corrected chi connectivity index (χ3v) is 3.99. The molecule has 2 aromatic rings. The molecule has 0 aromatic carbocycles. The summed E-state index contributed by atoms with van der Waals surface area (Å²) < 4.78 is 0. The minimum Gasteiger partial charge on any atom is -0.340 e. The lowest BCUT2D eigenvalue weighted by Crippen LogP contribution is -2.41. The number of aromatic amines is 1. The summed E-state index contributed by atoms with van der Waals surface area (Å²) in [7, 11) is 0. The van der Waals surface area contributed by atoms with Gasteiger partial charge >= 0.3 is 0 Å². The molecule has 0 aliphatic rings. The second-order valence-corrected chi connectivity index (χ2v) is 7.03. The number of H-pyrrole nitrogens is 1. The summed E-state index contributed by atoms with van der Waals surface area (Å²) in [5.74, 6) is -0.112. The van der Waals surface area contributed by atoms with Crippen LogP contribution >= 0.6 is 11.3 Å². The monoisotopic (exact) mass is 320 g/mol. The van der Waals surface area contributed by atoms with Crippen LogP contribution in [0.1, 0.15) is 43.1 Å². The lowest BCUT2D eigenvalue weighted by atomic mass is 9.92. The van der Waals surface area contributed by atoms with Gasteiger partial charge in [-0.3, -0.25) is 14.7 Å². The van der Waals surface area contributed by atoms with Crippen molar-refractivity contribution in [2.75, 3.05) is 5.32 Å². The Labute approximate surface area is 133 Å². The van der Waals surface area contributed by atoms with E-state index in [4.69, 9.17) is 0 Å². The van der Waals surface area contributed by atoms with E-state index in [0.717, 1.165) is 5.69 Å². The zero-order chi connectivity index (χ0) is 16.3.